The van der Waals surface area contributed by atoms with E-state index in [-0.39, 0.29) is 22.9 Å². The topological polar surface area (TPSA) is 57.7 Å². The van der Waals surface area contributed by atoms with Gasteiger partial charge in [-0.15, -0.1) is 0 Å². The molecule has 0 bridgehead atoms. The summed E-state index contributed by atoms with van der Waals surface area (Å²) in [5.74, 6) is -1.79. The van der Waals surface area contributed by atoms with Gasteiger partial charge in [0.2, 0.25) is 10.0 Å². The van der Waals surface area contributed by atoms with E-state index < -0.39 is 21.7 Å². The van der Waals surface area contributed by atoms with Gasteiger partial charge in [-0.3, -0.25) is 4.79 Å². The maximum absolute atomic E-state index is 14.0. The van der Waals surface area contributed by atoms with Gasteiger partial charge in [0.1, 0.15) is 11.6 Å². The van der Waals surface area contributed by atoms with Crippen molar-refractivity contribution < 1.29 is 22.0 Å². The SMILES string of the molecule is CN1C(=O)/C(=C/c2ccccc2)c2cc(S(=O)(=O)N(C)Cc3ccc(F)cc3F)ccc21. The molecule has 1 aliphatic rings. The normalized spacial score (nSPS) is 15.0. The highest BCUT2D eigenvalue weighted by Crippen LogP contribution is 2.38. The van der Waals surface area contributed by atoms with Gasteiger partial charge in [-0.2, -0.15) is 4.31 Å². The summed E-state index contributed by atoms with van der Waals surface area (Å²) in [5, 5.41) is 0. The van der Waals surface area contributed by atoms with Crippen LogP contribution in [0.2, 0.25) is 0 Å². The fraction of sp³-hybridized carbons (Fsp3) is 0.125. The third kappa shape index (κ3) is 3.94. The fourth-order valence-corrected chi connectivity index (χ4v) is 4.77. The van der Waals surface area contributed by atoms with Crippen molar-refractivity contribution in [3.63, 3.8) is 0 Å². The maximum Gasteiger partial charge on any atom is 0.258 e. The van der Waals surface area contributed by atoms with E-state index in [1.807, 2.05) is 30.3 Å². The van der Waals surface area contributed by atoms with E-state index in [1.165, 1.54) is 30.1 Å². The third-order valence-electron chi connectivity index (χ3n) is 5.38. The molecule has 3 aromatic carbocycles. The average molecular weight is 454 g/mol. The molecule has 0 aromatic heterocycles. The molecule has 1 heterocycles. The van der Waals surface area contributed by atoms with Gasteiger partial charge in [-0.1, -0.05) is 36.4 Å². The lowest BCUT2D eigenvalue weighted by molar-refractivity contribution is -0.112. The molecule has 8 heteroatoms. The van der Waals surface area contributed by atoms with Crippen LogP contribution in [0.1, 0.15) is 16.7 Å². The lowest BCUT2D eigenvalue weighted by Gasteiger charge is -2.18. The van der Waals surface area contributed by atoms with Crippen molar-refractivity contribution >= 4 is 33.3 Å². The molecule has 0 saturated heterocycles. The largest absolute Gasteiger partial charge is 0.311 e. The molecule has 0 atom stereocenters. The number of carbonyl (C=O) groups excluding carboxylic acids is 1. The molecular formula is C24H20F2N2O3S. The monoisotopic (exact) mass is 454 g/mol. The Balaban J connectivity index is 1.71. The Morgan fingerprint density at radius 2 is 1.72 bits per heavy atom. The first-order chi connectivity index (χ1) is 15.2. The molecule has 0 unspecified atom stereocenters. The van der Waals surface area contributed by atoms with Crippen molar-refractivity contribution in [1.29, 1.82) is 0 Å². The molecule has 1 amide bonds. The van der Waals surface area contributed by atoms with Crippen LogP contribution in [0.25, 0.3) is 11.6 Å². The summed E-state index contributed by atoms with van der Waals surface area (Å²) in [6, 6.07) is 16.7. The average Bonchev–Trinajstić information content (AvgIpc) is 3.00. The highest BCUT2D eigenvalue weighted by Gasteiger charge is 2.32. The van der Waals surface area contributed by atoms with E-state index in [9.17, 15) is 22.0 Å². The zero-order valence-electron chi connectivity index (χ0n) is 17.4. The van der Waals surface area contributed by atoms with Crippen molar-refractivity contribution in [3.05, 3.63) is 95.1 Å². The Morgan fingerprint density at radius 1 is 1.00 bits per heavy atom. The third-order valence-corrected chi connectivity index (χ3v) is 7.18. The molecule has 4 rings (SSSR count). The Morgan fingerprint density at radius 3 is 2.41 bits per heavy atom. The summed E-state index contributed by atoms with van der Waals surface area (Å²) < 4.78 is 54.5. The number of likely N-dealkylation sites (N-methyl/N-ethyl adjacent to an activating group) is 1. The maximum atomic E-state index is 14.0. The van der Waals surface area contributed by atoms with Gasteiger partial charge in [0.05, 0.1) is 10.6 Å². The summed E-state index contributed by atoms with van der Waals surface area (Å²) in [6.45, 7) is -0.267. The number of benzene rings is 3. The van der Waals surface area contributed by atoms with Gasteiger partial charge < -0.3 is 4.90 Å². The number of carbonyl (C=O) groups is 1. The molecule has 0 N–H and O–H groups in total. The smallest absolute Gasteiger partial charge is 0.258 e. The summed E-state index contributed by atoms with van der Waals surface area (Å²) in [7, 11) is -1.05. The zero-order valence-corrected chi connectivity index (χ0v) is 18.2. The number of hydrogen-bond acceptors (Lipinski definition) is 3. The summed E-state index contributed by atoms with van der Waals surface area (Å²) >= 11 is 0. The number of halogens is 2. The Hall–Kier alpha value is -3.36. The van der Waals surface area contributed by atoms with E-state index in [4.69, 9.17) is 0 Å². The molecule has 0 fully saturated rings. The molecule has 164 valence electrons. The van der Waals surface area contributed by atoms with Gasteiger partial charge in [0, 0.05) is 43.4 Å². The zero-order chi connectivity index (χ0) is 23.0. The number of amides is 1. The number of nitrogens with zero attached hydrogens (tertiary/aromatic N) is 2. The lowest BCUT2D eigenvalue weighted by Crippen LogP contribution is -2.27. The molecule has 0 radical (unpaired) electrons. The second-order valence-corrected chi connectivity index (χ2v) is 9.55. The van der Waals surface area contributed by atoms with Crippen molar-refractivity contribution in [3.8, 4) is 0 Å². The highest BCUT2D eigenvalue weighted by atomic mass is 32.2. The standard InChI is InChI=1S/C24H20F2N2O3S/c1-27(15-17-8-9-18(25)13-22(17)26)32(30,31)19-10-11-23-20(14-19)21(24(29)28(23)2)12-16-6-4-3-5-7-16/h3-14H,15H2,1-2H3/b21-12+. The summed E-state index contributed by atoms with van der Waals surface area (Å²) in [6.07, 6.45) is 1.72. The predicted molar refractivity (Wildman–Crippen MR) is 119 cm³/mol. The van der Waals surface area contributed by atoms with Gasteiger partial charge in [-0.05, 0) is 35.9 Å². The molecule has 0 aliphatic carbocycles. The van der Waals surface area contributed by atoms with Crippen LogP contribution in [-0.4, -0.2) is 32.7 Å². The number of hydrogen-bond donors (Lipinski definition) is 0. The van der Waals surface area contributed by atoms with Gasteiger partial charge in [-0.25, -0.2) is 17.2 Å². The van der Waals surface area contributed by atoms with Gasteiger partial charge in [0.15, 0.2) is 0 Å². The van der Waals surface area contributed by atoms with Crippen LogP contribution in [0, 0.1) is 11.6 Å². The summed E-state index contributed by atoms with van der Waals surface area (Å²) in [4.78, 5) is 14.2. The Bertz CT molecular complexity index is 1340. The second kappa shape index (κ2) is 8.29. The van der Waals surface area contributed by atoms with Crippen molar-refractivity contribution in [2.45, 2.75) is 11.4 Å². The van der Waals surface area contributed by atoms with Crippen LogP contribution in [0.15, 0.2) is 71.6 Å². The first kappa shape index (κ1) is 21.9. The van der Waals surface area contributed by atoms with Crippen LogP contribution in [-0.2, 0) is 21.4 Å². The molecule has 5 nitrogen and oxygen atoms in total. The van der Waals surface area contributed by atoms with E-state index in [0.717, 1.165) is 15.9 Å². The minimum atomic E-state index is -4.00. The molecule has 0 saturated carbocycles. The van der Waals surface area contributed by atoms with E-state index >= 15 is 0 Å². The van der Waals surface area contributed by atoms with Crippen LogP contribution in [0.5, 0.6) is 0 Å². The predicted octanol–water partition coefficient (Wildman–Crippen LogP) is 4.30. The molecule has 0 spiro atoms. The molecule has 1 aliphatic heterocycles. The van der Waals surface area contributed by atoms with Crippen molar-refractivity contribution in [1.82, 2.24) is 4.31 Å². The lowest BCUT2D eigenvalue weighted by atomic mass is 10.0. The highest BCUT2D eigenvalue weighted by molar-refractivity contribution is 7.89. The number of sulfonamides is 1. The van der Waals surface area contributed by atoms with Crippen molar-refractivity contribution in [2.24, 2.45) is 0 Å². The Labute approximate surface area is 185 Å². The molecule has 3 aromatic rings. The number of anilines is 1. The van der Waals surface area contributed by atoms with E-state index in [2.05, 4.69) is 0 Å². The number of fused-ring (bicyclic) bond motifs is 1. The molecule has 32 heavy (non-hydrogen) atoms. The minimum Gasteiger partial charge on any atom is -0.311 e. The second-order valence-electron chi connectivity index (χ2n) is 7.51. The van der Waals surface area contributed by atoms with Crippen LogP contribution in [0.3, 0.4) is 0 Å². The quantitative estimate of drug-likeness (QED) is 0.540. The van der Waals surface area contributed by atoms with Crippen LogP contribution < -0.4 is 4.90 Å². The first-order valence-electron chi connectivity index (χ1n) is 9.78. The van der Waals surface area contributed by atoms with E-state index in [1.54, 1.807) is 19.2 Å². The summed E-state index contributed by atoms with van der Waals surface area (Å²) in [5.41, 5.74) is 2.36. The van der Waals surface area contributed by atoms with Gasteiger partial charge >= 0.3 is 0 Å². The minimum absolute atomic E-state index is 0.0247. The fourth-order valence-electron chi connectivity index (χ4n) is 3.60. The molecular weight excluding hydrogens is 434 g/mol. The number of rotatable bonds is 5. The van der Waals surface area contributed by atoms with Crippen molar-refractivity contribution in [2.75, 3.05) is 19.0 Å². The van der Waals surface area contributed by atoms with Crippen LogP contribution in [0.4, 0.5) is 14.5 Å². The van der Waals surface area contributed by atoms with Crippen LogP contribution >= 0.6 is 0 Å². The van der Waals surface area contributed by atoms with Gasteiger partial charge in [0.25, 0.3) is 5.91 Å². The first-order valence-corrected chi connectivity index (χ1v) is 11.2. The Kier molecular flexibility index (Phi) is 5.66. The van der Waals surface area contributed by atoms with E-state index in [0.29, 0.717) is 22.9 Å².